The predicted octanol–water partition coefficient (Wildman–Crippen LogP) is 4.59. The molecule has 160 valence electrons. The first-order chi connectivity index (χ1) is 15.5. The second kappa shape index (κ2) is 9.80. The number of thioether (sulfide) groups is 1. The first-order valence-corrected chi connectivity index (χ1v) is 11.4. The summed E-state index contributed by atoms with van der Waals surface area (Å²) in [5.41, 5.74) is 1.49. The summed E-state index contributed by atoms with van der Waals surface area (Å²) in [6, 6.07) is 22.5. The Morgan fingerprint density at radius 1 is 0.969 bits per heavy atom. The van der Waals surface area contributed by atoms with Crippen LogP contribution >= 0.6 is 27.7 Å². The molecule has 3 aromatic carbocycles. The van der Waals surface area contributed by atoms with Gasteiger partial charge in [-0.15, -0.1) is 0 Å². The number of halogens is 1. The maximum absolute atomic E-state index is 13.3. The second-order valence-electron chi connectivity index (χ2n) is 6.69. The highest BCUT2D eigenvalue weighted by molar-refractivity contribution is 9.10. The van der Waals surface area contributed by atoms with Gasteiger partial charge in [-0.3, -0.25) is 19.5 Å². The quantitative estimate of drug-likeness (QED) is 0.303. The Bertz CT molecular complexity index is 1340. The molecular weight excluding hydrogens is 492 g/mol. The van der Waals surface area contributed by atoms with E-state index >= 15 is 0 Å². The molecule has 0 spiro atoms. The van der Waals surface area contributed by atoms with Crippen molar-refractivity contribution in [3.05, 3.63) is 93.7 Å². The molecule has 0 atom stereocenters. The monoisotopic (exact) mass is 508 g/mol. The van der Waals surface area contributed by atoms with E-state index in [9.17, 15) is 14.4 Å². The van der Waals surface area contributed by atoms with Gasteiger partial charge in [0.2, 0.25) is 5.91 Å². The summed E-state index contributed by atoms with van der Waals surface area (Å²) >= 11 is 4.47. The van der Waals surface area contributed by atoms with E-state index in [1.807, 2.05) is 24.3 Å². The van der Waals surface area contributed by atoms with Crippen LogP contribution in [0.2, 0.25) is 0 Å². The molecule has 0 bridgehead atoms. The summed E-state index contributed by atoms with van der Waals surface area (Å²) in [5, 5.41) is 5.69. The molecule has 0 aliphatic carbocycles. The van der Waals surface area contributed by atoms with E-state index in [0.717, 1.165) is 16.2 Å². The standard InChI is InChI=1S/C23H17BrN4O3S/c24-15-11-12-19-18(13-15)21(30)28(17-9-5-2-6-10-17)23(26-19)32-14-20(29)27-22(31)25-16-7-3-1-4-8-16/h1-13H,14H2,(H2,25,27,29,31). The van der Waals surface area contributed by atoms with Gasteiger partial charge < -0.3 is 5.32 Å². The van der Waals surface area contributed by atoms with E-state index in [-0.39, 0.29) is 11.3 Å². The van der Waals surface area contributed by atoms with Gasteiger partial charge in [-0.25, -0.2) is 9.78 Å². The van der Waals surface area contributed by atoms with Crippen molar-refractivity contribution in [1.29, 1.82) is 0 Å². The number of carbonyl (C=O) groups is 2. The van der Waals surface area contributed by atoms with Crippen molar-refractivity contribution in [2.75, 3.05) is 11.1 Å². The molecule has 0 saturated heterocycles. The van der Waals surface area contributed by atoms with Crippen LogP contribution in [-0.4, -0.2) is 27.2 Å². The Morgan fingerprint density at radius 2 is 1.66 bits per heavy atom. The molecule has 2 N–H and O–H groups in total. The van der Waals surface area contributed by atoms with Gasteiger partial charge in [0.1, 0.15) is 0 Å². The first-order valence-electron chi connectivity index (χ1n) is 9.58. The number of benzene rings is 3. The zero-order valence-electron chi connectivity index (χ0n) is 16.6. The van der Waals surface area contributed by atoms with Crippen LogP contribution in [0.15, 0.2) is 93.3 Å². The number of nitrogens with zero attached hydrogens (tertiary/aromatic N) is 2. The molecule has 0 aliphatic rings. The number of para-hydroxylation sites is 2. The molecule has 7 nitrogen and oxygen atoms in total. The van der Waals surface area contributed by atoms with Crippen molar-refractivity contribution in [3.63, 3.8) is 0 Å². The highest BCUT2D eigenvalue weighted by Gasteiger charge is 2.16. The molecule has 1 aromatic heterocycles. The Hall–Kier alpha value is -3.43. The SMILES string of the molecule is O=C(CSc1nc2ccc(Br)cc2c(=O)n1-c1ccccc1)NC(=O)Nc1ccccc1. The van der Waals surface area contributed by atoms with Crippen LogP contribution in [0.1, 0.15) is 0 Å². The zero-order valence-corrected chi connectivity index (χ0v) is 19.0. The molecule has 0 radical (unpaired) electrons. The number of aromatic nitrogens is 2. The van der Waals surface area contributed by atoms with Crippen LogP contribution in [0.5, 0.6) is 0 Å². The summed E-state index contributed by atoms with van der Waals surface area (Å²) in [5.74, 6) is -0.600. The number of carbonyl (C=O) groups excluding carboxylic acids is 2. The molecule has 0 unspecified atom stereocenters. The summed E-state index contributed by atoms with van der Waals surface area (Å²) in [4.78, 5) is 42.2. The van der Waals surface area contributed by atoms with E-state index in [0.29, 0.717) is 27.4 Å². The fourth-order valence-electron chi connectivity index (χ4n) is 3.02. The molecule has 32 heavy (non-hydrogen) atoms. The van der Waals surface area contributed by atoms with Gasteiger partial charge >= 0.3 is 6.03 Å². The topological polar surface area (TPSA) is 93.1 Å². The second-order valence-corrected chi connectivity index (χ2v) is 8.55. The summed E-state index contributed by atoms with van der Waals surface area (Å²) < 4.78 is 2.24. The third-order valence-corrected chi connectivity index (χ3v) is 5.86. The number of nitrogens with one attached hydrogen (secondary N) is 2. The number of imide groups is 1. The van der Waals surface area contributed by atoms with Crippen molar-refractivity contribution < 1.29 is 9.59 Å². The number of rotatable bonds is 5. The number of anilines is 1. The Kier molecular flexibility index (Phi) is 6.67. The minimum atomic E-state index is -0.626. The maximum atomic E-state index is 13.3. The van der Waals surface area contributed by atoms with Crippen LogP contribution in [-0.2, 0) is 4.79 Å². The normalized spacial score (nSPS) is 10.7. The van der Waals surface area contributed by atoms with E-state index in [1.54, 1.807) is 54.6 Å². The van der Waals surface area contributed by atoms with Gasteiger partial charge in [0, 0.05) is 10.2 Å². The van der Waals surface area contributed by atoms with Gasteiger partial charge in [-0.05, 0) is 42.5 Å². The lowest BCUT2D eigenvalue weighted by atomic mass is 10.2. The van der Waals surface area contributed by atoms with Gasteiger partial charge in [-0.2, -0.15) is 0 Å². The first kappa shape index (κ1) is 21.8. The molecule has 4 rings (SSSR count). The number of hydrogen-bond acceptors (Lipinski definition) is 5. The number of amides is 3. The van der Waals surface area contributed by atoms with E-state index < -0.39 is 11.9 Å². The average Bonchev–Trinajstić information content (AvgIpc) is 2.79. The Morgan fingerprint density at radius 3 is 2.38 bits per heavy atom. The fourth-order valence-corrected chi connectivity index (χ4v) is 4.19. The molecule has 0 saturated carbocycles. The van der Waals surface area contributed by atoms with Crippen LogP contribution in [0.4, 0.5) is 10.5 Å². The van der Waals surface area contributed by atoms with Crippen LogP contribution in [0, 0.1) is 0 Å². The molecule has 1 heterocycles. The lowest BCUT2D eigenvalue weighted by molar-refractivity contribution is -0.117. The number of fused-ring (bicyclic) bond motifs is 1. The molecule has 0 aliphatic heterocycles. The zero-order chi connectivity index (χ0) is 22.5. The lowest BCUT2D eigenvalue weighted by Crippen LogP contribution is -2.35. The minimum Gasteiger partial charge on any atom is -0.308 e. The van der Waals surface area contributed by atoms with E-state index in [1.165, 1.54) is 4.57 Å². The van der Waals surface area contributed by atoms with Crippen molar-refractivity contribution >= 4 is 56.2 Å². The maximum Gasteiger partial charge on any atom is 0.325 e. The Labute approximate surface area is 196 Å². The van der Waals surface area contributed by atoms with E-state index in [2.05, 4.69) is 31.5 Å². The van der Waals surface area contributed by atoms with Crippen molar-refractivity contribution in [1.82, 2.24) is 14.9 Å². The third-order valence-electron chi connectivity index (χ3n) is 4.43. The van der Waals surface area contributed by atoms with E-state index in [4.69, 9.17) is 0 Å². The highest BCUT2D eigenvalue weighted by Crippen LogP contribution is 2.23. The summed E-state index contributed by atoms with van der Waals surface area (Å²) in [6.07, 6.45) is 0. The summed E-state index contributed by atoms with van der Waals surface area (Å²) in [7, 11) is 0. The van der Waals surface area contributed by atoms with Gasteiger partial charge in [0.25, 0.3) is 5.56 Å². The number of urea groups is 1. The molecule has 4 aromatic rings. The van der Waals surface area contributed by atoms with Crippen molar-refractivity contribution in [2.24, 2.45) is 0 Å². The molecule has 0 fully saturated rings. The Balaban J connectivity index is 1.57. The van der Waals surface area contributed by atoms with Crippen LogP contribution in [0.3, 0.4) is 0 Å². The lowest BCUT2D eigenvalue weighted by Gasteiger charge is -2.13. The average molecular weight is 509 g/mol. The third kappa shape index (κ3) is 5.06. The largest absolute Gasteiger partial charge is 0.325 e. The van der Waals surface area contributed by atoms with Crippen molar-refractivity contribution in [2.45, 2.75) is 5.16 Å². The van der Waals surface area contributed by atoms with Gasteiger partial charge in [0.05, 0.1) is 22.3 Å². The van der Waals surface area contributed by atoms with Crippen LogP contribution in [0.25, 0.3) is 16.6 Å². The van der Waals surface area contributed by atoms with Gasteiger partial charge in [-0.1, -0.05) is 64.1 Å². The summed E-state index contributed by atoms with van der Waals surface area (Å²) in [6.45, 7) is 0. The molecule has 9 heteroatoms. The van der Waals surface area contributed by atoms with Gasteiger partial charge in [0.15, 0.2) is 5.16 Å². The minimum absolute atomic E-state index is 0.0937. The number of hydrogen-bond donors (Lipinski definition) is 2. The highest BCUT2D eigenvalue weighted by atomic mass is 79.9. The van der Waals surface area contributed by atoms with Crippen LogP contribution < -0.4 is 16.2 Å². The van der Waals surface area contributed by atoms with Crippen molar-refractivity contribution in [3.8, 4) is 5.69 Å². The molecular formula is C23H17BrN4O3S. The smallest absolute Gasteiger partial charge is 0.308 e. The fraction of sp³-hybridized carbons (Fsp3) is 0.0435. The predicted molar refractivity (Wildman–Crippen MR) is 129 cm³/mol. The molecule has 3 amide bonds.